The molecule has 0 spiro atoms. The Morgan fingerprint density at radius 3 is 3.07 bits per heavy atom. The first-order valence-corrected chi connectivity index (χ1v) is 7.02. The highest BCUT2D eigenvalue weighted by molar-refractivity contribution is 9.11. The van der Waals surface area contributed by atoms with Crippen LogP contribution in [0.15, 0.2) is 22.0 Å². The number of halogens is 1. The first-order valence-electron chi connectivity index (χ1n) is 5.41. The van der Waals surface area contributed by atoms with Gasteiger partial charge in [-0.3, -0.25) is 0 Å². The molecule has 2 atom stereocenters. The van der Waals surface area contributed by atoms with Crippen molar-refractivity contribution in [3.8, 4) is 0 Å². The first kappa shape index (κ1) is 11.4. The van der Waals surface area contributed by atoms with Crippen molar-refractivity contribution < 1.29 is 0 Å². The fraction of sp³-hybridized carbons (Fsp3) is 0.500. The molecule has 0 aliphatic carbocycles. The van der Waals surface area contributed by atoms with Crippen LogP contribution >= 0.6 is 27.3 Å². The van der Waals surface area contributed by atoms with Gasteiger partial charge in [0.1, 0.15) is 0 Å². The highest BCUT2D eigenvalue weighted by atomic mass is 79.9. The second-order valence-corrected chi connectivity index (χ2v) is 6.69. The molecule has 15 heavy (non-hydrogen) atoms. The number of hydrogen-bond donors (Lipinski definition) is 1. The van der Waals surface area contributed by atoms with E-state index in [2.05, 4.69) is 52.5 Å². The molecule has 0 bridgehead atoms. The molecule has 1 nitrogen and oxygen atoms in total. The molecule has 0 saturated carbocycles. The number of thiophene rings is 1. The van der Waals surface area contributed by atoms with E-state index in [0.29, 0.717) is 6.04 Å². The summed E-state index contributed by atoms with van der Waals surface area (Å²) in [5.41, 5.74) is 0. The summed E-state index contributed by atoms with van der Waals surface area (Å²) >= 11 is 5.26. The van der Waals surface area contributed by atoms with Crippen LogP contribution in [0.3, 0.4) is 0 Å². The lowest BCUT2D eigenvalue weighted by molar-refractivity contribution is 0.357. The third-order valence-electron chi connectivity index (χ3n) is 2.79. The van der Waals surface area contributed by atoms with Crippen molar-refractivity contribution >= 4 is 33.3 Å². The SMILES string of the molecule is CC1CCNC(/C=C/c2ccc(Br)s2)C1. The summed E-state index contributed by atoms with van der Waals surface area (Å²) in [6.07, 6.45) is 7.11. The number of hydrogen-bond acceptors (Lipinski definition) is 2. The Morgan fingerprint density at radius 1 is 1.53 bits per heavy atom. The van der Waals surface area contributed by atoms with Crippen LogP contribution < -0.4 is 5.32 Å². The second kappa shape index (κ2) is 5.28. The lowest BCUT2D eigenvalue weighted by Crippen LogP contribution is -2.35. The largest absolute Gasteiger partial charge is 0.310 e. The third kappa shape index (κ3) is 3.44. The van der Waals surface area contributed by atoms with Gasteiger partial charge in [-0.1, -0.05) is 13.0 Å². The quantitative estimate of drug-likeness (QED) is 0.869. The van der Waals surface area contributed by atoms with Crippen LogP contribution in [0.5, 0.6) is 0 Å². The molecular weight excluding hydrogens is 270 g/mol. The molecule has 0 aromatic carbocycles. The Kier molecular flexibility index (Phi) is 4.00. The smallest absolute Gasteiger partial charge is 0.0704 e. The molecule has 1 fully saturated rings. The van der Waals surface area contributed by atoms with E-state index in [9.17, 15) is 0 Å². The minimum atomic E-state index is 0.564. The van der Waals surface area contributed by atoms with E-state index >= 15 is 0 Å². The van der Waals surface area contributed by atoms with E-state index in [1.54, 1.807) is 11.3 Å². The summed E-state index contributed by atoms with van der Waals surface area (Å²) in [4.78, 5) is 1.32. The predicted molar refractivity (Wildman–Crippen MR) is 71.2 cm³/mol. The molecular formula is C12H16BrNS. The molecule has 2 rings (SSSR count). The van der Waals surface area contributed by atoms with Crippen LogP contribution in [0.25, 0.3) is 6.08 Å². The van der Waals surface area contributed by atoms with E-state index in [0.717, 1.165) is 12.5 Å². The Morgan fingerprint density at radius 2 is 2.40 bits per heavy atom. The number of piperidine rings is 1. The van der Waals surface area contributed by atoms with E-state index in [-0.39, 0.29) is 0 Å². The van der Waals surface area contributed by atoms with Gasteiger partial charge in [0.2, 0.25) is 0 Å². The van der Waals surface area contributed by atoms with Crippen LogP contribution in [-0.2, 0) is 0 Å². The Bertz CT molecular complexity index is 345. The van der Waals surface area contributed by atoms with Crippen LogP contribution in [-0.4, -0.2) is 12.6 Å². The molecule has 0 radical (unpaired) electrons. The maximum absolute atomic E-state index is 3.53. The minimum absolute atomic E-state index is 0.564. The van der Waals surface area contributed by atoms with Crippen LogP contribution in [0.2, 0.25) is 0 Å². The van der Waals surface area contributed by atoms with E-state index in [4.69, 9.17) is 0 Å². The van der Waals surface area contributed by atoms with Crippen LogP contribution in [0, 0.1) is 5.92 Å². The van der Waals surface area contributed by atoms with Crippen molar-refractivity contribution in [1.29, 1.82) is 0 Å². The first-order chi connectivity index (χ1) is 7.24. The zero-order valence-electron chi connectivity index (χ0n) is 8.87. The van der Waals surface area contributed by atoms with Gasteiger partial charge in [-0.2, -0.15) is 0 Å². The molecule has 1 aliphatic rings. The van der Waals surface area contributed by atoms with Gasteiger partial charge in [0.25, 0.3) is 0 Å². The maximum Gasteiger partial charge on any atom is 0.0704 e. The number of nitrogens with one attached hydrogen (secondary N) is 1. The number of rotatable bonds is 2. The standard InChI is InChI=1S/C12H16BrNS/c1-9-6-7-14-10(8-9)2-3-11-4-5-12(13)15-11/h2-5,9-10,14H,6-8H2,1H3/b3-2+. The van der Waals surface area contributed by atoms with Crippen LogP contribution in [0.1, 0.15) is 24.6 Å². The molecule has 2 heterocycles. The molecule has 3 heteroatoms. The van der Waals surface area contributed by atoms with Gasteiger partial charge >= 0.3 is 0 Å². The fourth-order valence-electron chi connectivity index (χ4n) is 1.93. The second-order valence-electron chi connectivity index (χ2n) is 4.19. The van der Waals surface area contributed by atoms with Gasteiger partial charge in [0, 0.05) is 10.9 Å². The normalized spacial score (nSPS) is 27.3. The summed E-state index contributed by atoms with van der Waals surface area (Å²) < 4.78 is 1.20. The highest BCUT2D eigenvalue weighted by Gasteiger charge is 2.15. The topological polar surface area (TPSA) is 12.0 Å². The summed E-state index contributed by atoms with van der Waals surface area (Å²) in [6, 6.07) is 4.81. The van der Waals surface area contributed by atoms with Gasteiger partial charge in [-0.25, -0.2) is 0 Å². The zero-order chi connectivity index (χ0) is 10.7. The van der Waals surface area contributed by atoms with E-state index in [1.807, 2.05) is 0 Å². The highest BCUT2D eigenvalue weighted by Crippen LogP contribution is 2.24. The average molecular weight is 286 g/mol. The van der Waals surface area contributed by atoms with Gasteiger partial charge in [0.15, 0.2) is 0 Å². The molecule has 1 aromatic heterocycles. The van der Waals surface area contributed by atoms with Gasteiger partial charge < -0.3 is 5.32 Å². The predicted octanol–water partition coefficient (Wildman–Crippen LogP) is 3.91. The molecule has 1 saturated heterocycles. The van der Waals surface area contributed by atoms with Gasteiger partial charge in [0.05, 0.1) is 3.79 Å². The zero-order valence-corrected chi connectivity index (χ0v) is 11.3. The Labute approximate surface area is 104 Å². The summed E-state index contributed by atoms with van der Waals surface area (Å²) in [5, 5.41) is 3.53. The van der Waals surface area contributed by atoms with Gasteiger partial charge in [-0.15, -0.1) is 11.3 Å². The van der Waals surface area contributed by atoms with Crippen molar-refractivity contribution in [1.82, 2.24) is 5.32 Å². The molecule has 1 N–H and O–H groups in total. The minimum Gasteiger partial charge on any atom is -0.310 e. The van der Waals surface area contributed by atoms with Crippen molar-refractivity contribution in [2.45, 2.75) is 25.8 Å². The lowest BCUT2D eigenvalue weighted by Gasteiger charge is -2.25. The van der Waals surface area contributed by atoms with E-state index < -0.39 is 0 Å². The molecule has 1 aliphatic heterocycles. The molecule has 1 aromatic rings. The molecule has 0 amide bonds. The lowest BCUT2D eigenvalue weighted by atomic mass is 9.94. The fourth-order valence-corrected chi connectivity index (χ4v) is 3.26. The maximum atomic E-state index is 3.53. The van der Waals surface area contributed by atoms with Crippen molar-refractivity contribution in [3.05, 3.63) is 26.9 Å². The van der Waals surface area contributed by atoms with Crippen LogP contribution in [0.4, 0.5) is 0 Å². The summed E-state index contributed by atoms with van der Waals surface area (Å²) in [6.45, 7) is 3.49. The summed E-state index contributed by atoms with van der Waals surface area (Å²) in [5.74, 6) is 0.857. The molecule has 82 valence electrons. The van der Waals surface area contributed by atoms with Crippen molar-refractivity contribution in [2.75, 3.05) is 6.54 Å². The van der Waals surface area contributed by atoms with E-state index in [1.165, 1.54) is 21.5 Å². The monoisotopic (exact) mass is 285 g/mol. The average Bonchev–Trinajstić information content (AvgIpc) is 2.62. The Balaban J connectivity index is 1.93. The summed E-state index contributed by atoms with van der Waals surface area (Å²) in [7, 11) is 0. The Hall–Kier alpha value is -0.120. The van der Waals surface area contributed by atoms with Crippen molar-refractivity contribution in [2.24, 2.45) is 5.92 Å². The molecule has 2 unspecified atom stereocenters. The van der Waals surface area contributed by atoms with Gasteiger partial charge in [-0.05, 0) is 59.4 Å². The van der Waals surface area contributed by atoms with Crippen molar-refractivity contribution in [3.63, 3.8) is 0 Å². The third-order valence-corrected chi connectivity index (χ3v) is 4.38.